The molecule has 1 heterocycles. The van der Waals surface area contributed by atoms with E-state index < -0.39 is 0 Å². The first-order valence-electron chi connectivity index (χ1n) is 6.72. The van der Waals surface area contributed by atoms with Crippen molar-refractivity contribution in [3.05, 3.63) is 47.2 Å². The van der Waals surface area contributed by atoms with Crippen LogP contribution in [0.3, 0.4) is 0 Å². The Morgan fingerprint density at radius 2 is 1.90 bits per heavy atom. The van der Waals surface area contributed by atoms with Crippen LogP contribution >= 0.6 is 0 Å². The van der Waals surface area contributed by atoms with E-state index in [1.165, 1.54) is 0 Å². The number of pyridine rings is 1. The molecule has 0 bridgehead atoms. The van der Waals surface area contributed by atoms with Crippen LogP contribution in [0.1, 0.15) is 23.7 Å². The number of ether oxygens (including phenoxy) is 2. The molecule has 0 aliphatic rings. The van der Waals surface area contributed by atoms with E-state index in [1.807, 2.05) is 51.1 Å². The second-order valence-electron chi connectivity index (χ2n) is 4.58. The van der Waals surface area contributed by atoms with Gasteiger partial charge in [0, 0.05) is 23.9 Å². The van der Waals surface area contributed by atoms with Gasteiger partial charge in [-0.2, -0.15) is 0 Å². The van der Waals surface area contributed by atoms with Crippen molar-refractivity contribution in [1.82, 2.24) is 4.98 Å². The maximum atomic E-state index is 5.88. The lowest BCUT2D eigenvalue weighted by atomic mass is 10.1. The highest BCUT2D eigenvalue weighted by molar-refractivity contribution is 5.40. The highest BCUT2D eigenvalue weighted by atomic mass is 16.5. The molecule has 20 heavy (non-hydrogen) atoms. The Morgan fingerprint density at radius 3 is 2.60 bits per heavy atom. The fourth-order valence-corrected chi connectivity index (χ4v) is 2.07. The van der Waals surface area contributed by atoms with Gasteiger partial charge < -0.3 is 15.2 Å². The molecule has 0 amide bonds. The summed E-state index contributed by atoms with van der Waals surface area (Å²) in [7, 11) is 0. The third kappa shape index (κ3) is 3.27. The van der Waals surface area contributed by atoms with Crippen molar-refractivity contribution in [3.8, 4) is 17.4 Å². The Kier molecular flexibility index (Phi) is 4.58. The summed E-state index contributed by atoms with van der Waals surface area (Å²) in [6, 6.07) is 9.53. The van der Waals surface area contributed by atoms with Crippen molar-refractivity contribution < 1.29 is 9.47 Å². The second-order valence-corrected chi connectivity index (χ2v) is 4.58. The molecule has 0 atom stereocenters. The van der Waals surface area contributed by atoms with Crippen LogP contribution in [0.5, 0.6) is 17.4 Å². The number of rotatable bonds is 5. The standard InChI is InChI=1S/C16H20N2O2/c1-4-19-13-6-5-7-14(9-13)20-16-15(10-17)11(2)8-12(3)18-16/h5-9H,4,10,17H2,1-3H3. The molecule has 0 aliphatic heterocycles. The largest absolute Gasteiger partial charge is 0.494 e. The van der Waals surface area contributed by atoms with Gasteiger partial charge in [-0.15, -0.1) is 0 Å². The molecule has 1 aromatic carbocycles. The van der Waals surface area contributed by atoms with Crippen LogP contribution in [-0.4, -0.2) is 11.6 Å². The molecule has 4 heteroatoms. The van der Waals surface area contributed by atoms with Crippen LogP contribution in [0.2, 0.25) is 0 Å². The van der Waals surface area contributed by atoms with E-state index in [9.17, 15) is 0 Å². The van der Waals surface area contributed by atoms with Crippen molar-refractivity contribution in [1.29, 1.82) is 0 Å². The molecule has 0 spiro atoms. The number of aryl methyl sites for hydroxylation is 2. The second kappa shape index (κ2) is 6.39. The molecule has 1 aromatic heterocycles. The van der Waals surface area contributed by atoms with Gasteiger partial charge in [0.1, 0.15) is 11.5 Å². The van der Waals surface area contributed by atoms with E-state index in [-0.39, 0.29) is 0 Å². The summed E-state index contributed by atoms with van der Waals surface area (Å²) >= 11 is 0. The van der Waals surface area contributed by atoms with Crippen LogP contribution in [-0.2, 0) is 6.54 Å². The quantitative estimate of drug-likeness (QED) is 0.906. The number of hydrogen-bond acceptors (Lipinski definition) is 4. The molecule has 2 N–H and O–H groups in total. The predicted octanol–water partition coefficient (Wildman–Crippen LogP) is 3.35. The molecule has 2 aromatic rings. The van der Waals surface area contributed by atoms with Crippen molar-refractivity contribution in [2.24, 2.45) is 5.73 Å². The molecular weight excluding hydrogens is 252 g/mol. The average molecular weight is 272 g/mol. The zero-order valence-corrected chi connectivity index (χ0v) is 12.1. The fraction of sp³-hybridized carbons (Fsp3) is 0.312. The Bertz CT molecular complexity index is 597. The number of benzene rings is 1. The van der Waals surface area contributed by atoms with Gasteiger partial charge in [-0.1, -0.05) is 6.07 Å². The lowest BCUT2D eigenvalue weighted by molar-refractivity contribution is 0.337. The smallest absolute Gasteiger partial charge is 0.224 e. The Morgan fingerprint density at radius 1 is 1.15 bits per heavy atom. The molecule has 2 rings (SSSR count). The monoisotopic (exact) mass is 272 g/mol. The van der Waals surface area contributed by atoms with Crippen LogP contribution in [0, 0.1) is 13.8 Å². The first-order chi connectivity index (χ1) is 9.63. The van der Waals surface area contributed by atoms with Gasteiger partial charge in [0.05, 0.1) is 6.61 Å². The van der Waals surface area contributed by atoms with Crippen molar-refractivity contribution in [2.45, 2.75) is 27.3 Å². The fourth-order valence-electron chi connectivity index (χ4n) is 2.07. The number of aromatic nitrogens is 1. The molecule has 0 fully saturated rings. The molecule has 4 nitrogen and oxygen atoms in total. The van der Waals surface area contributed by atoms with Gasteiger partial charge in [-0.05, 0) is 44.5 Å². The van der Waals surface area contributed by atoms with E-state index in [1.54, 1.807) is 0 Å². The van der Waals surface area contributed by atoms with Crippen LogP contribution in [0.4, 0.5) is 0 Å². The summed E-state index contributed by atoms with van der Waals surface area (Å²) in [6.45, 7) is 6.93. The van der Waals surface area contributed by atoms with Gasteiger partial charge >= 0.3 is 0 Å². The van der Waals surface area contributed by atoms with Crippen LogP contribution < -0.4 is 15.2 Å². The lowest BCUT2D eigenvalue weighted by Gasteiger charge is -2.13. The molecule has 0 saturated carbocycles. The van der Waals surface area contributed by atoms with Gasteiger partial charge in [0.2, 0.25) is 5.88 Å². The summed E-state index contributed by atoms with van der Waals surface area (Å²) in [5.41, 5.74) is 8.72. The third-order valence-electron chi connectivity index (χ3n) is 2.97. The van der Waals surface area contributed by atoms with Crippen LogP contribution in [0.15, 0.2) is 30.3 Å². The van der Waals surface area contributed by atoms with Gasteiger partial charge in [-0.3, -0.25) is 0 Å². The minimum absolute atomic E-state index is 0.402. The van der Waals surface area contributed by atoms with E-state index in [2.05, 4.69) is 4.98 Å². The number of hydrogen-bond donors (Lipinski definition) is 1. The maximum Gasteiger partial charge on any atom is 0.224 e. The summed E-state index contributed by atoms with van der Waals surface area (Å²) < 4.78 is 11.3. The number of nitrogens with two attached hydrogens (primary N) is 1. The van der Waals surface area contributed by atoms with Crippen molar-refractivity contribution in [3.63, 3.8) is 0 Å². The minimum Gasteiger partial charge on any atom is -0.494 e. The van der Waals surface area contributed by atoms with Crippen molar-refractivity contribution in [2.75, 3.05) is 6.61 Å². The van der Waals surface area contributed by atoms with Crippen molar-refractivity contribution >= 4 is 0 Å². The lowest BCUT2D eigenvalue weighted by Crippen LogP contribution is -2.05. The van der Waals surface area contributed by atoms with Gasteiger partial charge in [0.15, 0.2) is 0 Å². The highest BCUT2D eigenvalue weighted by Gasteiger charge is 2.10. The molecule has 0 aliphatic carbocycles. The Hall–Kier alpha value is -2.07. The zero-order valence-electron chi connectivity index (χ0n) is 12.1. The molecular formula is C16H20N2O2. The molecule has 106 valence electrons. The predicted molar refractivity (Wildman–Crippen MR) is 79.3 cm³/mol. The number of nitrogens with zero attached hydrogens (tertiary/aromatic N) is 1. The van der Waals surface area contributed by atoms with E-state index >= 15 is 0 Å². The summed E-state index contributed by atoms with van der Waals surface area (Å²) in [4.78, 5) is 4.43. The molecule has 0 saturated heterocycles. The third-order valence-corrected chi connectivity index (χ3v) is 2.97. The summed E-state index contributed by atoms with van der Waals surface area (Å²) in [5, 5.41) is 0. The molecule has 0 radical (unpaired) electrons. The topological polar surface area (TPSA) is 57.4 Å². The summed E-state index contributed by atoms with van der Waals surface area (Å²) in [6.07, 6.45) is 0. The summed E-state index contributed by atoms with van der Waals surface area (Å²) in [5.74, 6) is 2.05. The van der Waals surface area contributed by atoms with Gasteiger partial charge in [-0.25, -0.2) is 4.98 Å². The van der Waals surface area contributed by atoms with Crippen LogP contribution in [0.25, 0.3) is 0 Å². The maximum absolute atomic E-state index is 5.88. The normalized spacial score (nSPS) is 10.4. The van der Waals surface area contributed by atoms with Gasteiger partial charge in [0.25, 0.3) is 0 Å². The zero-order chi connectivity index (χ0) is 14.5. The van der Waals surface area contributed by atoms with E-state index in [4.69, 9.17) is 15.2 Å². The van der Waals surface area contributed by atoms with E-state index in [0.29, 0.717) is 24.8 Å². The first kappa shape index (κ1) is 14.3. The Balaban J connectivity index is 2.32. The SMILES string of the molecule is CCOc1cccc(Oc2nc(C)cc(C)c2CN)c1. The average Bonchev–Trinajstić information content (AvgIpc) is 2.39. The highest BCUT2D eigenvalue weighted by Crippen LogP contribution is 2.28. The minimum atomic E-state index is 0.402. The first-order valence-corrected chi connectivity index (χ1v) is 6.72. The Labute approximate surface area is 119 Å². The molecule has 0 unspecified atom stereocenters. The van der Waals surface area contributed by atoms with E-state index in [0.717, 1.165) is 22.6 Å².